The number of nitrogens with one attached hydrogen (secondary N) is 1. The highest BCUT2D eigenvalue weighted by atomic mass is 35.5. The second kappa shape index (κ2) is 6.21. The highest BCUT2D eigenvalue weighted by molar-refractivity contribution is 6.31. The van der Waals surface area contributed by atoms with Crippen molar-refractivity contribution in [2.24, 2.45) is 0 Å². The minimum atomic E-state index is 0.229. The first-order valence-corrected chi connectivity index (χ1v) is 6.77. The number of benzene rings is 1. The third-order valence-corrected chi connectivity index (χ3v) is 3.90. The first-order valence-electron chi connectivity index (χ1n) is 6.39. The predicted octanol–water partition coefficient (Wildman–Crippen LogP) is 2.44. The summed E-state index contributed by atoms with van der Waals surface area (Å²) in [7, 11) is 1.96. The molecule has 1 amide bonds. The van der Waals surface area contributed by atoms with E-state index in [-0.39, 0.29) is 5.91 Å². The molecule has 98 valence electrons. The SMILES string of the molecule is CNC1CCC(=O)N(Cc2ccccc2Cl)CC1. The summed E-state index contributed by atoms with van der Waals surface area (Å²) in [6.07, 6.45) is 2.55. The lowest BCUT2D eigenvalue weighted by molar-refractivity contribution is -0.131. The fourth-order valence-electron chi connectivity index (χ4n) is 2.32. The van der Waals surface area contributed by atoms with Gasteiger partial charge in [0.2, 0.25) is 5.91 Å². The predicted molar refractivity (Wildman–Crippen MR) is 73.6 cm³/mol. The maximum absolute atomic E-state index is 12.0. The van der Waals surface area contributed by atoms with Crippen molar-refractivity contribution < 1.29 is 4.79 Å². The fraction of sp³-hybridized carbons (Fsp3) is 0.500. The number of rotatable bonds is 3. The van der Waals surface area contributed by atoms with Crippen molar-refractivity contribution in [1.29, 1.82) is 0 Å². The van der Waals surface area contributed by atoms with Crippen LogP contribution in [-0.2, 0) is 11.3 Å². The first kappa shape index (κ1) is 13.4. The molecule has 2 rings (SSSR count). The number of likely N-dealkylation sites (tertiary alicyclic amines) is 1. The van der Waals surface area contributed by atoms with Gasteiger partial charge < -0.3 is 10.2 Å². The summed E-state index contributed by atoms with van der Waals surface area (Å²) in [5.74, 6) is 0.229. The Morgan fingerprint density at radius 3 is 2.89 bits per heavy atom. The molecule has 1 fully saturated rings. The average Bonchev–Trinajstić information content (AvgIpc) is 2.55. The van der Waals surface area contributed by atoms with Crippen LogP contribution in [0, 0.1) is 0 Å². The Balaban J connectivity index is 2.04. The van der Waals surface area contributed by atoms with E-state index >= 15 is 0 Å². The highest BCUT2D eigenvalue weighted by Crippen LogP contribution is 2.20. The lowest BCUT2D eigenvalue weighted by atomic mass is 10.1. The van der Waals surface area contributed by atoms with Crippen LogP contribution in [0.25, 0.3) is 0 Å². The zero-order chi connectivity index (χ0) is 13.0. The van der Waals surface area contributed by atoms with Gasteiger partial charge in [0, 0.05) is 30.6 Å². The van der Waals surface area contributed by atoms with Gasteiger partial charge in [0.25, 0.3) is 0 Å². The molecule has 1 aliphatic heterocycles. The van der Waals surface area contributed by atoms with Crippen LogP contribution in [0.2, 0.25) is 5.02 Å². The minimum absolute atomic E-state index is 0.229. The Labute approximate surface area is 113 Å². The first-order chi connectivity index (χ1) is 8.70. The van der Waals surface area contributed by atoms with Gasteiger partial charge >= 0.3 is 0 Å². The number of amides is 1. The van der Waals surface area contributed by atoms with Gasteiger partial charge in [-0.3, -0.25) is 4.79 Å². The molecule has 1 aromatic rings. The molecule has 0 radical (unpaired) electrons. The van der Waals surface area contributed by atoms with Crippen LogP contribution in [0.15, 0.2) is 24.3 Å². The van der Waals surface area contributed by atoms with E-state index in [4.69, 9.17) is 11.6 Å². The molecule has 1 N–H and O–H groups in total. The zero-order valence-electron chi connectivity index (χ0n) is 10.7. The van der Waals surface area contributed by atoms with Crippen LogP contribution in [0.3, 0.4) is 0 Å². The van der Waals surface area contributed by atoms with Crippen LogP contribution in [0.1, 0.15) is 24.8 Å². The van der Waals surface area contributed by atoms with E-state index in [2.05, 4.69) is 5.32 Å². The number of halogens is 1. The van der Waals surface area contributed by atoms with E-state index in [1.54, 1.807) is 0 Å². The van der Waals surface area contributed by atoms with E-state index in [1.165, 1.54) is 0 Å². The molecule has 3 nitrogen and oxygen atoms in total. The molecule has 0 aromatic heterocycles. The van der Waals surface area contributed by atoms with Crippen LogP contribution in [-0.4, -0.2) is 30.4 Å². The van der Waals surface area contributed by atoms with Gasteiger partial charge in [-0.05, 0) is 31.5 Å². The van der Waals surface area contributed by atoms with E-state index in [0.717, 1.165) is 30.0 Å². The Bertz CT molecular complexity index is 422. The van der Waals surface area contributed by atoms with E-state index in [0.29, 0.717) is 19.0 Å². The van der Waals surface area contributed by atoms with Crippen molar-refractivity contribution in [3.05, 3.63) is 34.9 Å². The molecule has 1 heterocycles. The van der Waals surface area contributed by atoms with Crippen molar-refractivity contribution in [2.45, 2.75) is 31.8 Å². The smallest absolute Gasteiger partial charge is 0.222 e. The van der Waals surface area contributed by atoms with Crippen LogP contribution in [0.4, 0.5) is 0 Å². The molecular weight excluding hydrogens is 248 g/mol. The van der Waals surface area contributed by atoms with E-state index in [1.807, 2.05) is 36.2 Å². The van der Waals surface area contributed by atoms with Gasteiger partial charge in [0.15, 0.2) is 0 Å². The summed E-state index contributed by atoms with van der Waals surface area (Å²) in [6, 6.07) is 8.17. The molecule has 1 atom stereocenters. The molecule has 4 heteroatoms. The molecule has 1 unspecified atom stereocenters. The van der Waals surface area contributed by atoms with Crippen molar-refractivity contribution >= 4 is 17.5 Å². The molecular formula is C14H19ClN2O. The Kier molecular flexibility index (Phi) is 4.61. The molecule has 0 aliphatic carbocycles. The summed E-state index contributed by atoms with van der Waals surface area (Å²) in [6.45, 7) is 1.42. The number of carbonyl (C=O) groups excluding carboxylic acids is 1. The van der Waals surface area contributed by atoms with E-state index < -0.39 is 0 Å². The summed E-state index contributed by atoms with van der Waals surface area (Å²) < 4.78 is 0. The van der Waals surface area contributed by atoms with Gasteiger partial charge in [0.1, 0.15) is 0 Å². The van der Waals surface area contributed by atoms with Crippen molar-refractivity contribution in [1.82, 2.24) is 10.2 Å². The zero-order valence-corrected chi connectivity index (χ0v) is 11.4. The number of hydrogen-bond donors (Lipinski definition) is 1. The molecule has 1 aliphatic rings. The maximum atomic E-state index is 12.0. The van der Waals surface area contributed by atoms with Gasteiger partial charge in [-0.15, -0.1) is 0 Å². The minimum Gasteiger partial charge on any atom is -0.338 e. The Morgan fingerprint density at radius 1 is 1.39 bits per heavy atom. The lowest BCUT2D eigenvalue weighted by Crippen LogP contribution is -2.31. The van der Waals surface area contributed by atoms with Crippen molar-refractivity contribution in [3.63, 3.8) is 0 Å². The Hall–Kier alpha value is -1.06. The summed E-state index contributed by atoms with van der Waals surface area (Å²) >= 11 is 6.14. The fourth-order valence-corrected chi connectivity index (χ4v) is 2.52. The average molecular weight is 267 g/mol. The highest BCUT2D eigenvalue weighted by Gasteiger charge is 2.21. The number of hydrogen-bond acceptors (Lipinski definition) is 2. The second-order valence-electron chi connectivity index (χ2n) is 4.72. The van der Waals surface area contributed by atoms with Crippen LogP contribution >= 0.6 is 11.6 Å². The maximum Gasteiger partial charge on any atom is 0.222 e. The summed E-state index contributed by atoms with van der Waals surface area (Å²) in [5.41, 5.74) is 1.02. The quantitative estimate of drug-likeness (QED) is 0.911. The van der Waals surface area contributed by atoms with E-state index in [9.17, 15) is 4.79 Å². The van der Waals surface area contributed by atoms with Crippen LogP contribution < -0.4 is 5.32 Å². The summed E-state index contributed by atoms with van der Waals surface area (Å²) in [5, 5.41) is 3.99. The summed E-state index contributed by atoms with van der Waals surface area (Å²) in [4.78, 5) is 14.0. The monoisotopic (exact) mass is 266 g/mol. The van der Waals surface area contributed by atoms with Crippen molar-refractivity contribution in [3.8, 4) is 0 Å². The van der Waals surface area contributed by atoms with Gasteiger partial charge in [-0.2, -0.15) is 0 Å². The molecule has 0 spiro atoms. The number of carbonyl (C=O) groups is 1. The van der Waals surface area contributed by atoms with Crippen molar-refractivity contribution in [2.75, 3.05) is 13.6 Å². The second-order valence-corrected chi connectivity index (χ2v) is 5.13. The lowest BCUT2D eigenvalue weighted by Gasteiger charge is -2.21. The number of nitrogens with zero attached hydrogens (tertiary/aromatic N) is 1. The molecule has 0 saturated carbocycles. The van der Waals surface area contributed by atoms with Crippen LogP contribution in [0.5, 0.6) is 0 Å². The van der Waals surface area contributed by atoms with Gasteiger partial charge in [0.05, 0.1) is 0 Å². The standard InChI is InChI=1S/C14H19ClN2O/c1-16-12-6-7-14(18)17(9-8-12)10-11-4-2-3-5-13(11)15/h2-5,12,16H,6-10H2,1H3. The molecule has 18 heavy (non-hydrogen) atoms. The molecule has 0 bridgehead atoms. The Morgan fingerprint density at radius 2 is 2.17 bits per heavy atom. The van der Waals surface area contributed by atoms with Gasteiger partial charge in [-0.25, -0.2) is 0 Å². The molecule has 1 aromatic carbocycles. The topological polar surface area (TPSA) is 32.3 Å². The largest absolute Gasteiger partial charge is 0.338 e. The van der Waals surface area contributed by atoms with Gasteiger partial charge in [-0.1, -0.05) is 29.8 Å². The third kappa shape index (κ3) is 3.24. The molecule has 1 saturated heterocycles. The third-order valence-electron chi connectivity index (χ3n) is 3.53. The normalized spacial score (nSPS) is 20.9.